The Hall–Kier alpha value is -1.20. The molecule has 0 aromatic heterocycles. The average Bonchev–Trinajstić information content (AvgIpc) is 2.26. The SMILES string of the molecule is COc1ccc(SC[C@H](N)C(=O)O)c(C)c1. The molecule has 88 valence electrons. The molecule has 1 aromatic rings. The van der Waals surface area contributed by atoms with Crippen molar-refractivity contribution in [3.63, 3.8) is 0 Å². The number of benzene rings is 1. The molecule has 0 saturated heterocycles. The first-order chi connectivity index (χ1) is 7.54. The fraction of sp³-hybridized carbons (Fsp3) is 0.364. The van der Waals surface area contributed by atoms with Crippen LogP contribution in [0.1, 0.15) is 5.56 Å². The molecule has 0 aliphatic rings. The molecule has 0 spiro atoms. The van der Waals surface area contributed by atoms with E-state index in [9.17, 15) is 4.79 Å². The van der Waals surface area contributed by atoms with Gasteiger partial charge >= 0.3 is 5.97 Å². The number of hydrogen-bond acceptors (Lipinski definition) is 4. The van der Waals surface area contributed by atoms with E-state index in [0.717, 1.165) is 16.2 Å². The van der Waals surface area contributed by atoms with E-state index in [4.69, 9.17) is 15.6 Å². The summed E-state index contributed by atoms with van der Waals surface area (Å²) in [6, 6.07) is 4.84. The van der Waals surface area contributed by atoms with Gasteiger partial charge in [0, 0.05) is 10.6 Å². The van der Waals surface area contributed by atoms with Crippen molar-refractivity contribution in [3.05, 3.63) is 23.8 Å². The van der Waals surface area contributed by atoms with E-state index in [1.54, 1.807) is 7.11 Å². The normalized spacial score (nSPS) is 12.2. The number of thioether (sulfide) groups is 1. The van der Waals surface area contributed by atoms with E-state index < -0.39 is 12.0 Å². The van der Waals surface area contributed by atoms with Gasteiger partial charge in [-0.2, -0.15) is 0 Å². The highest BCUT2D eigenvalue weighted by atomic mass is 32.2. The number of aryl methyl sites for hydroxylation is 1. The molecule has 0 radical (unpaired) electrons. The molecule has 5 heteroatoms. The number of aliphatic carboxylic acids is 1. The van der Waals surface area contributed by atoms with E-state index in [1.807, 2.05) is 25.1 Å². The molecule has 1 rings (SSSR count). The number of nitrogens with two attached hydrogens (primary N) is 1. The Bertz CT molecular complexity index is 381. The number of carbonyl (C=O) groups is 1. The molecule has 0 aliphatic heterocycles. The van der Waals surface area contributed by atoms with Gasteiger partial charge < -0.3 is 15.6 Å². The van der Waals surface area contributed by atoms with Crippen LogP contribution in [-0.4, -0.2) is 30.0 Å². The molecular weight excluding hydrogens is 226 g/mol. The van der Waals surface area contributed by atoms with Gasteiger partial charge in [-0.1, -0.05) is 0 Å². The summed E-state index contributed by atoms with van der Waals surface area (Å²) in [6.07, 6.45) is 0. The number of ether oxygens (including phenoxy) is 1. The number of hydrogen-bond donors (Lipinski definition) is 2. The summed E-state index contributed by atoms with van der Waals surface area (Å²) in [5, 5.41) is 8.65. The molecule has 3 N–H and O–H groups in total. The van der Waals surface area contributed by atoms with Gasteiger partial charge in [0.25, 0.3) is 0 Å². The minimum Gasteiger partial charge on any atom is -0.497 e. The van der Waals surface area contributed by atoms with Crippen molar-refractivity contribution in [3.8, 4) is 5.75 Å². The fourth-order valence-electron chi connectivity index (χ4n) is 1.16. The summed E-state index contributed by atoms with van der Waals surface area (Å²) in [7, 11) is 1.61. The van der Waals surface area contributed by atoms with Gasteiger partial charge in [-0.3, -0.25) is 4.79 Å². The zero-order valence-corrected chi connectivity index (χ0v) is 10.1. The number of carboxylic acids is 1. The summed E-state index contributed by atoms with van der Waals surface area (Å²) in [5.74, 6) is 0.186. The molecule has 0 fully saturated rings. The maximum Gasteiger partial charge on any atom is 0.321 e. The van der Waals surface area contributed by atoms with E-state index >= 15 is 0 Å². The van der Waals surface area contributed by atoms with Crippen LogP contribution in [0.2, 0.25) is 0 Å². The number of carboxylic acid groups (broad SMARTS) is 1. The maximum absolute atomic E-state index is 10.5. The summed E-state index contributed by atoms with van der Waals surface area (Å²) in [6.45, 7) is 1.96. The minimum atomic E-state index is -0.973. The minimum absolute atomic E-state index is 0.364. The van der Waals surface area contributed by atoms with Gasteiger partial charge in [-0.15, -0.1) is 11.8 Å². The Labute approximate surface area is 98.8 Å². The second kappa shape index (κ2) is 5.77. The lowest BCUT2D eigenvalue weighted by Crippen LogP contribution is -2.32. The number of rotatable bonds is 5. The molecule has 0 aliphatic carbocycles. The second-order valence-corrected chi connectivity index (χ2v) is 4.45. The van der Waals surface area contributed by atoms with Gasteiger partial charge in [-0.25, -0.2) is 0 Å². The molecule has 1 atom stereocenters. The lowest BCUT2D eigenvalue weighted by Gasteiger charge is -2.09. The second-order valence-electron chi connectivity index (χ2n) is 3.39. The molecule has 0 saturated carbocycles. The van der Waals surface area contributed by atoms with Crippen LogP contribution >= 0.6 is 11.8 Å². The first-order valence-electron chi connectivity index (χ1n) is 4.80. The highest BCUT2D eigenvalue weighted by molar-refractivity contribution is 7.99. The van der Waals surface area contributed by atoms with Gasteiger partial charge in [0.2, 0.25) is 0 Å². The zero-order chi connectivity index (χ0) is 12.1. The lowest BCUT2D eigenvalue weighted by atomic mass is 10.2. The Kier molecular flexibility index (Phi) is 4.64. The third kappa shape index (κ3) is 3.43. The molecule has 0 unspecified atom stereocenters. The Morgan fingerprint density at radius 2 is 2.31 bits per heavy atom. The van der Waals surface area contributed by atoms with Gasteiger partial charge in [0.05, 0.1) is 7.11 Å². The molecule has 4 nitrogen and oxygen atoms in total. The van der Waals surface area contributed by atoms with E-state index in [-0.39, 0.29) is 0 Å². The van der Waals surface area contributed by atoms with Crippen molar-refractivity contribution in [1.82, 2.24) is 0 Å². The molecular formula is C11H15NO3S. The Morgan fingerprint density at radius 1 is 1.62 bits per heavy atom. The quantitative estimate of drug-likeness (QED) is 0.764. The van der Waals surface area contributed by atoms with Crippen molar-refractivity contribution < 1.29 is 14.6 Å². The van der Waals surface area contributed by atoms with Gasteiger partial charge in [0.15, 0.2) is 0 Å². The Morgan fingerprint density at radius 3 is 2.81 bits per heavy atom. The smallest absolute Gasteiger partial charge is 0.321 e. The van der Waals surface area contributed by atoms with Crippen molar-refractivity contribution >= 4 is 17.7 Å². The first-order valence-corrected chi connectivity index (χ1v) is 5.79. The monoisotopic (exact) mass is 241 g/mol. The van der Waals surface area contributed by atoms with Gasteiger partial charge in [-0.05, 0) is 30.7 Å². The third-order valence-corrected chi connectivity index (χ3v) is 3.41. The zero-order valence-electron chi connectivity index (χ0n) is 9.27. The van der Waals surface area contributed by atoms with Crippen molar-refractivity contribution in [2.75, 3.05) is 12.9 Å². The summed E-state index contributed by atoms with van der Waals surface area (Å²) in [5.41, 5.74) is 6.48. The van der Waals surface area contributed by atoms with Crippen molar-refractivity contribution in [2.24, 2.45) is 5.73 Å². The summed E-state index contributed by atoms with van der Waals surface area (Å²) >= 11 is 1.44. The van der Waals surface area contributed by atoms with Crippen LogP contribution in [0.4, 0.5) is 0 Å². The van der Waals surface area contributed by atoms with E-state index in [0.29, 0.717) is 5.75 Å². The van der Waals surface area contributed by atoms with Crippen LogP contribution < -0.4 is 10.5 Å². The van der Waals surface area contributed by atoms with Gasteiger partial charge in [0.1, 0.15) is 11.8 Å². The van der Waals surface area contributed by atoms with E-state index in [1.165, 1.54) is 11.8 Å². The van der Waals surface area contributed by atoms with Crippen LogP contribution in [0.3, 0.4) is 0 Å². The maximum atomic E-state index is 10.5. The van der Waals surface area contributed by atoms with Crippen LogP contribution in [0.5, 0.6) is 5.75 Å². The molecule has 0 heterocycles. The molecule has 0 bridgehead atoms. The van der Waals surface area contributed by atoms with Crippen LogP contribution in [0, 0.1) is 6.92 Å². The predicted octanol–water partition coefficient (Wildman–Crippen LogP) is 1.51. The highest BCUT2D eigenvalue weighted by Crippen LogP contribution is 2.26. The van der Waals surface area contributed by atoms with Crippen LogP contribution in [-0.2, 0) is 4.79 Å². The standard InChI is InChI=1S/C11H15NO3S/c1-7-5-8(15-2)3-4-10(7)16-6-9(12)11(13)14/h3-5,9H,6,12H2,1-2H3,(H,13,14)/t9-/m0/s1. The molecule has 1 aromatic carbocycles. The Balaban J connectivity index is 2.64. The predicted molar refractivity (Wildman–Crippen MR) is 64.1 cm³/mol. The fourth-order valence-corrected chi connectivity index (χ4v) is 2.11. The molecule has 0 amide bonds. The first kappa shape index (κ1) is 12.9. The van der Waals surface area contributed by atoms with Crippen LogP contribution in [0.15, 0.2) is 23.1 Å². The topological polar surface area (TPSA) is 72.5 Å². The van der Waals surface area contributed by atoms with Crippen LogP contribution in [0.25, 0.3) is 0 Å². The summed E-state index contributed by atoms with van der Waals surface area (Å²) < 4.78 is 5.09. The largest absolute Gasteiger partial charge is 0.497 e. The number of methoxy groups -OCH3 is 1. The summed E-state index contributed by atoms with van der Waals surface area (Å²) in [4.78, 5) is 11.6. The highest BCUT2D eigenvalue weighted by Gasteiger charge is 2.12. The van der Waals surface area contributed by atoms with Crippen molar-refractivity contribution in [2.45, 2.75) is 17.9 Å². The van der Waals surface area contributed by atoms with Crippen molar-refractivity contribution in [1.29, 1.82) is 0 Å². The third-order valence-electron chi connectivity index (χ3n) is 2.12. The van der Waals surface area contributed by atoms with E-state index in [2.05, 4.69) is 0 Å². The average molecular weight is 241 g/mol. The lowest BCUT2D eigenvalue weighted by molar-refractivity contribution is -0.137. The molecule has 16 heavy (non-hydrogen) atoms.